The van der Waals surface area contributed by atoms with Crippen LogP contribution in [-0.2, 0) is 4.79 Å². The highest BCUT2D eigenvalue weighted by atomic mass is 35.5. The second-order valence-corrected chi connectivity index (χ2v) is 1.79. The average Bonchev–Trinajstić information content (AvgIpc) is 2.14. The zero-order chi connectivity index (χ0) is 5.11. The lowest BCUT2D eigenvalue weighted by atomic mass is 10.4. The van der Waals surface area contributed by atoms with Gasteiger partial charge in [0.05, 0.1) is 0 Å². The van der Waals surface area contributed by atoms with Crippen molar-refractivity contribution in [1.29, 1.82) is 0 Å². The molecule has 1 fully saturated rings. The summed E-state index contributed by atoms with van der Waals surface area (Å²) in [6, 6.07) is 0. The van der Waals surface area contributed by atoms with Gasteiger partial charge in [0.2, 0.25) is 0 Å². The van der Waals surface area contributed by atoms with Crippen LogP contribution in [0, 0.1) is 0 Å². The van der Waals surface area contributed by atoms with Crippen molar-refractivity contribution in [3.8, 4) is 0 Å². The Hall–Kier alpha value is -0.330. The van der Waals surface area contributed by atoms with Crippen LogP contribution < -0.4 is 12.4 Å². The van der Waals surface area contributed by atoms with E-state index in [0.29, 0.717) is 0 Å². The Labute approximate surface area is 54.6 Å². The summed E-state index contributed by atoms with van der Waals surface area (Å²) in [5.74, 6) is 0. The van der Waals surface area contributed by atoms with E-state index in [9.17, 15) is 4.79 Å². The molecular formula is C5H8ClNO. The Balaban J connectivity index is 0.000000490. The number of hydrogen-bond donors (Lipinski definition) is 0. The van der Waals surface area contributed by atoms with Gasteiger partial charge in [-0.15, -0.1) is 0 Å². The van der Waals surface area contributed by atoms with E-state index < -0.39 is 0 Å². The van der Waals surface area contributed by atoms with Crippen molar-refractivity contribution < 1.29 is 21.8 Å². The van der Waals surface area contributed by atoms with Crippen LogP contribution in [0.2, 0.25) is 0 Å². The van der Waals surface area contributed by atoms with Gasteiger partial charge >= 0.3 is 6.08 Å². The fraction of sp³-hybridized carbons (Fsp3) is 0.800. The zero-order valence-electron chi connectivity index (χ0n) is 4.56. The summed E-state index contributed by atoms with van der Waals surface area (Å²) < 4.78 is 1.68. The highest BCUT2D eigenvalue weighted by Crippen LogP contribution is 1.98. The number of hydrogen-bond acceptors (Lipinski definition) is 1. The number of isocyanates is 1. The number of nitrogens with zero attached hydrogens (tertiary/aromatic N) is 1. The molecule has 0 spiro atoms. The van der Waals surface area contributed by atoms with E-state index in [1.54, 1.807) is 4.58 Å². The second kappa shape index (κ2) is 3.65. The van der Waals surface area contributed by atoms with E-state index in [-0.39, 0.29) is 12.4 Å². The van der Waals surface area contributed by atoms with Gasteiger partial charge in [0, 0.05) is 12.8 Å². The molecule has 0 aromatic carbocycles. The Kier molecular flexibility index (Phi) is 3.49. The van der Waals surface area contributed by atoms with Crippen molar-refractivity contribution in [2.75, 3.05) is 13.1 Å². The van der Waals surface area contributed by atoms with Crippen molar-refractivity contribution in [1.82, 2.24) is 0 Å². The SMILES string of the molecule is O=C=[N+]1CCCC1.[Cl-]. The lowest BCUT2D eigenvalue weighted by Crippen LogP contribution is -3.00. The molecule has 0 atom stereocenters. The van der Waals surface area contributed by atoms with Crippen molar-refractivity contribution in [3.05, 3.63) is 0 Å². The number of carbonyl (C=O) groups excluding carboxylic acids is 1. The summed E-state index contributed by atoms with van der Waals surface area (Å²) in [5.41, 5.74) is 0. The normalized spacial score (nSPS) is 17.2. The summed E-state index contributed by atoms with van der Waals surface area (Å²) in [6.45, 7) is 1.84. The second-order valence-electron chi connectivity index (χ2n) is 1.79. The van der Waals surface area contributed by atoms with Gasteiger partial charge in [0.1, 0.15) is 0 Å². The molecule has 0 bridgehead atoms. The quantitative estimate of drug-likeness (QED) is 0.257. The standard InChI is InChI=1S/C5H8NO.ClH/c7-5-6-3-1-2-4-6;/h1-4H2;1H/q+1;/p-1. The van der Waals surface area contributed by atoms with Gasteiger partial charge in [0.15, 0.2) is 13.1 Å². The molecule has 0 aromatic heterocycles. The molecule has 1 aliphatic heterocycles. The molecule has 0 unspecified atom stereocenters. The minimum Gasteiger partial charge on any atom is -1.00 e. The first kappa shape index (κ1) is 7.67. The predicted molar refractivity (Wildman–Crippen MR) is 24.9 cm³/mol. The summed E-state index contributed by atoms with van der Waals surface area (Å²) in [5, 5.41) is 0. The van der Waals surface area contributed by atoms with Crippen LogP contribution in [0.4, 0.5) is 0 Å². The van der Waals surface area contributed by atoms with Crippen LogP contribution >= 0.6 is 0 Å². The monoisotopic (exact) mass is 133 g/mol. The summed E-state index contributed by atoms with van der Waals surface area (Å²) in [7, 11) is 0. The Morgan fingerprint density at radius 2 is 1.75 bits per heavy atom. The van der Waals surface area contributed by atoms with E-state index in [1.165, 1.54) is 0 Å². The highest BCUT2D eigenvalue weighted by Gasteiger charge is 2.11. The van der Waals surface area contributed by atoms with Crippen molar-refractivity contribution in [3.63, 3.8) is 0 Å². The number of halogens is 1. The Bertz CT molecular complexity index is 110. The first-order chi connectivity index (χ1) is 3.43. The molecule has 0 saturated carbocycles. The third-order valence-corrected chi connectivity index (χ3v) is 1.24. The lowest BCUT2D eigenvalue weighted by molar-refractivity contribution is -0.503. The summed E-state index contributed by atoms with van der Waals surface area (Å²) in [4.78, 5) is 9.81. The molecule has 0 radical (unpaired) electrons. The van der Waals surface area contributed by atoms with Gasteiger partial charge in [-0.3, -0.25) is 0 Å². The smallest absolute Gasteiger partial charge is 0.424 e. The molecule has 1 rings (SSSR count). The van der Waals surface area contributed by atoms with Crippen LogP contribution in [0.15, 0.2) is 0 Å². The Morgan fingerprint density at radius 1 is 1.25 bits per heavy atom. The predicted octanol–water partition coefficient (Wildman–Crippen LogP) is -2.87. The zero-order valence-corrected chi connectivity index (χ0v) is 5.32. The minimum absolute atomic E-state index is 0. The summed E-state index contributed by atoms with van der Waals surface area (Å²) >= 11 is 0. The van der Waals surface area contributed by atoms with E-state index >= 15 is 0 Å². The van der Waals surface area contributed by atoms with Gasteiger partial charge in [0.25, 0.3) is 0 Å². The fourth-order valence-electron chi connectivity index (χ4n) is 0.808. The van der Waals surface area contributed by atoms with E-state index in [1.807, 2.05) is 6.08 Å². The fourth-order valence-corrected chi connectivity index (χ4v) is 0.808. The van der Waals surface area contributed by atoms with Crippen molar-refractivity contribution in [2.24, 2.45) is 0 Å². The van der Waals surface area contributed by atoms with Crippen LogP contribution in [0.1, 0.15) is 12.8 Å². The Morgan fingerprint density at radius 3 is 2.00 bits per heavy atom. The molecule has 0 aromatic rings. The number of rotatable bonds is 0. The van der Waals surface area contributed by atoms with Gasteiger partial charge < -0.3 is 12.4 Å². The first-order valence-electron chi connectivity index (χ1n) is 2.56. The van der Waals surface area contributed by atoms with E-state index in [0.717, 1.165) is 25.9 Å². The molecule has 0 aliphatic carbocycles. The van der Waals surface area contributed by atoms with Gasteiger partial charge in [-0.1, -0.05) is 0 Å². The van der Waals surface area contributed by atoms with Crippen LogP contribution in [0.5, 0.6) is 0 Å². The maximum absolute atomic E-state index is 9.81. The lowest BCUT2D eigenvalue weighted by Gasteiger charge is -1.73. The molecule has 1 saturated heterocycles. The maximum Gasteiger partial charge on any atom is 0.424 e. The topological polar surface area (TPSA) is 20.1 Å². The van der Waals surface area contributed by atoms with Crippen LogP contribution in [0.3, 0.4) is 0 Å². The molecule has 8 heavy (non-hydrogen) atoms. The molecule has 0 N–H and O–H groups in total. The third-order valence-electron chi connectivity index (χ3n) is 1.24. The van der Waals surface area contributed by atoms with E-state index in [4.69, 9.17) is 0 Å². The minimum atomic E-state index is 0. The average molecular weight is 134 g/mol. The molecule has 46 valence electrons. The first-order valence-corrected chi connectivity index (χ1v) is 2.56. The van der Waals surface area contributed by atoms with Crippen LogP contribution in [0.25, 0.3) is 0 Å². The summed E-state index contributed by atoms with van der Waals surface area (Å²) in [6.07, 6.45) is 4.17. The molecule has 3 heteroatoms. The molecular weight excluding hydrogens is 126 g/mol. The van der Waals surface area contributed by atoms with E-state index in [2.05, 4.69) is 0 Å². The van der Waals surface area contributed by atoms with Gasteiger partial charge in [-0.05, 0) is 0 Å². The maximum atomic E-state index is 9.81. The van der Waals surface area contributed by atoms with Crippen molar-refractivity contribution >= 4 is 6.08 Å². The molecule has 2 nitrogen and oxygen atoms in total. The largest absolute Gasteiger partial charge is 1.00 e. The molecule has 1 heterocycles. The molecule has 0 amide bonds. The van der Waals surface area contributed by atoms with Crippen molar-refractivity contribution in [2.45, 2.75) is 12.8 Å². The third kappa shape index (κ3) is 1.65. The molecule has 1 aliphatic rings. The van der Waals surface area contributed by atoms with Gasteiger partial charge in [-0.25, -0.2) is 0 Å². The van der Waals surface area contributed by atoms with Gasteiger partial charge in [-0.2, -0.15) is 9.37 Å². The highest BCUT2D eigenvalue weighted by molar-refractivity contribution is 5.24. The van der Waals surface area contributed by atoms with Crippen LogP contribution in [-0.4, -0.2) is 23.7 Å².